The highest BCUT2D eigenvalue weighted by atomic mass is 79.9. The van der Waals surface area contributed by atoms with Crippen LogP contribution in [0, 0.1) is 5.82 Å². The number of hydrogen-bond donors (Lipinski definition) is 2. The molecule has 0 amide bonds. The van der Waals surface area contributed by atoms with Gasteiger partial charge in [-0.3, -0.25) is 0 Å². The second-order valence-corrected chi connectivity index (χ2v) is 9.66. The summed E-state index contributed by atoms with van der Waals surface area (Å²) in [6, 6.07) is 1.49. The van der Waals surface area contributed by atoms with E-state index in [0.29, 0.717) is 12.8 Å². The number of sulfone groups is 1. The van der Waals surface area contributed by atoms with Gasteiger partial charge in [0.2, 0.25) is 10.0 Å². The van der Waals surface area contributed by atoms with E-state index in [-0.39, 0.29) is 21.7 Å². The van der Waals surface area contributed by atoms with Gasteiger partial charge in [-0.1, -0.05) is 0 Å². The van der Waals surface area contributed by atoms with E-state index in [2.05, 4.69) is 20.7 Å². The summed E-state index contributed by atoms with van der Waals surface area (Å²) in [5, 5.41) is 0. The maximum atomic E-state index is 13.9. The summed E-state index contributed by atoms with van der Waals surface area (Å²) in [5.74, 6) is -1.20. The van der Waals surface area contributed by atoms with E-state index in [1.165, 1.54) is 6.07 Å². The zero-order valence-corrected chi connectivity index (χ0v) is 14.1. The molecule has 0 saturated carbocycles. The number of nitrogens with one attached hydrogen (secondary N) is 1. The van der Waals surface area contributed by atoms with Crippen LogP contribution in [0.15, 0.2) is 21.5 Å². The van der Waals surface area contributed by atoms with Crippen LogP contribution in [0.1, 0.15) is 12.8 Å². The van der Waals surface area contributed by atoms with E-state index in [0.717, 1.165) is 6.07 Å². The molecule has 0 bridgehead atoms. The first kappa shape index (κ1) is 16.7. The molecule has 1 aliphatic rings. The van der Waals surface area contributed by atoms with Gasteiger partial charge in [-0.05, 0) is 40.9 Å². The van der Waals surface area contributed by atoms with E-state index < -0.39 is 36.6 Å². The average Bonchev–Trinajstić information content (AvgIpc) is 2.31. The van der Waals surface area contributed by atoms with Gasteiger partial charge in [-0.25, -0.2) is 25.9 Å². The lowest BCUT2D eigenvalue weighted by atomic mass is 10.2. The van der Waals surface area contributed by atoms with Gasteiger partial charge in [0.1, 0.15) is 4.90 Å². The molecule has 6 nitrogen and oxygen atoms in total. The Morgan fingerprint density at radius 1 is 1.38 bits per heavy atom. The number of rotatable bonds is 3. The van der Waals surface area contributed by atoms with Crippen molar-refractivity contribution >= 4 is 41.5 Å². The molecule has 1 atom stereocenters. The predicted octanol–water partition coefficient (Wildman–Crippen LogP) is 1.03. The fourth-order valence-electron chi connectivity index (χ4n) is 2.18. The van der Waals surface area contributed by atoms with Gasteiger partial charge >= 0.3 is 0 Å². The van der Waals surface area contributed by atoms with Crippen molar-refractivity contribution in [3.63, 3.8) is 0 Å². The van der Waals surface area contributed by atoms with Gasteiger partial charge in [0.15, 0.2) is 15.7 Å². The highest BCUT2D eigenvalue weighted by Gasteiger charge is 2.30. The van der Waals surface area contributed by atoms with E-state index in [9.17, 15) is 21.2 Å². The van der Waals surface area contributed by atoms with Crippen LogP contribution in [0.4, 0.5) is 10.1 Å². The summed E-state index contributed by atoms with van der Waals surface area (Å²) in [7, 11) is -7.45. The molecule has 1 saturated heterocycles. The molecule has 0 spiro atoms. The van der Waals surface area contributed by atoms with Crippen LogP contribution in [0.2, 0.25) is 0 Å². The van der Waals surface area contributed by atoms with Crippen molar-refractivity contribution in [2.75, 3.05) is 17.2 Å². The number of nitrogen functional groups attached to an aromatic ring is 1. The third-order valence-corrected chi connectivity index (χ3v) is 7.01. The average molecular weight is 401 g/mol. The third kappa shape index (κ3) is 3.93. The van der Waals surface area contributed by atoms with Crippen LogP contribution in [0.5, 0.6) is 0 Å². The zero-order chi connectivity index (χ0) is 15.8. The maximum Gasteiger partial charge on any atom is 0.243 e. The lowest BCUT2D eigenvalue weighted by Gasteiger charge is -2.23. The van der Waals surface area contributed by atoms with Gasteiger partial charge in [0.25, 0.3) is 0 Å². The second-order valence-electron chi connectivity index (χ2n) is 4.89. The maximum absolute atomic E-state index is 13.9. The molecule has 118 valence electrons. The third-order valence-electron chi connectivity index (χ3n) is 3.09. The standard InChI is InChI=1S/C11H14BrFN2O4S2/c12-9-4-7(14)5-10(11(9)13)21(18,19)15-8-2-1-3-20(16,17)6-8/h4-5,8,15H,1-3,6,14H2. The smallest absolute Gasteiger partial charge is 0.243 e. The molecule has 1 fully saturated rings. The Balaban J connectivity index is 2.31. The molecular weight excluding hydrogens is 387 g/mol. The monoisotopic (exact) mass is 400 g/mol. The van der Waals surface area contributed by atoms with Gasteiger partial charge in [-0.2, -0.15) is 0 Å². The summed E-state index contributed by atoms with van der Waals surface area (Å²) in [6.07, 6.45) is 0.766. The fourth-order valence-corrected chi connectivity index (χ4v) is 5.93. The Kier molecular flexibility index (Phi) is 4.62. The molecular formula is C11H14BrFN2O4S2. The largest absolute Gasteiger partial charge is 0.399 e. The van der Waals surface area contributed by atoms with Crippen molar-refractivity contribution < 1.29 is 21.2 Å². The van der Waals surface area contributed by atoms with Crippen LogP contribution in [0.25, 0.3) is 0 Å². The molecule has 1 heterocycles. The molecule has 0 aliphatic carbocycles. The normalized spacial score (nSPS) is 22.1. The van der Waals surface area contributed by atoms with Crippen LogP contribution in [-0.2, 0) is 19.9 Å². The minimum absolute atomic E-state index is 0.0451. The quantitative estimate of drug-likeness (QED) is 0.736. The Labute approximate surface area is 131 Å². The molecule has 1 aromatic rings. The topological polar surface area (TPSA) is 106 Å². The van der Waals surface area contributed by atoms with Crippen molar-refractivity contribution in [2.45, 2.75) is 23.8 Å². The Bertz CT molecular complexity index is 765. The SMILES string of the molecule is Nc1cc(Br)c(F)c(S(=O)(=O)NC2CCCS(=O)(=O)C2)c1. The van der Waals surface area contributed by atoms with Crippen LogP contribution >= 0.6 is 15.9 Å². The summed E-state index contributed by atoms with van der Waals surface area (Å²) in [5.41, 5.74) is 5.60. The van der Waals surface area contributed by atoms with Gasteiger partial charge in [0, 0.05) is 11.7 Å². The molecule has 1 unspecified atom stereocenters. The van der Waals surface area contributed by atoms with Gasteiger partial charge in [0.05, 0.1) is 16.0 Å². The summed E-state index contributed by atoms with van der Waals surface area (Å²) >= 11 is 2.89. The Morgan fingerprint density at radius 3 is 2.67 bits per heavy atom. The minimum Gasteiger partial charge on any atom is -0.399 e. The molecule has 2 rings (SSSR count). The molecule has 10 heteroatoms. The van der Waals surface area contributed by atoms with Crippen molar-refractivity contribution in [3.05, 3.63) is 22.4 Å². The van der Waals surface area contributed by atoms with Crippen LogP contribution in [0.3, 0.4) is 0 Å². The number of nitrogens with two attached hydrogens (primary N) is 1. The second kappa shape index (κ2) is 5.82. The summed E-state index contributed by atoms with van der Waals surface area (Å²) < 4.78 is 63.6. The molecule has 1 aromatic carbocycles. The van der Waals surface area contributed by atoms with E-state index in [4.69, 9.17) is 5.73 Å². The van der Waals surface area contributed by atoms with E-state index >= 15 is 0 Å². The zero-order valence-electron chi connectivity index (χ0n) is 10.8. The molecule has 3 N–H and O–H groups in total. The van der Waals surface area contributed by atoms with Crippen molar-refractivity contribution in [2.24, 2.45) is 0 Å². The van der Waals surface area contributed by atoms with Crippen LogP contribution in [-0.4, -0.2) is 34.4 Å². The number of sulfonamides is 1. The Morgan fingerprint density at radius 2 is 2.05 bits per heavy atom. The number of anilines is 1. The summed E-state index contributed by atoms with van der Waals surface area (Å²) in [4.78, 5) is -0.600. The Hall–Kier alpha value is -0.710. The molecule has 0 radical (unpaired) electrons. The first-order chi connectivity index (χ1) is 9.61. The molecule has 0 aromatic heterocycles. The lowest BCUT2D eigenvalue weighted by Crippen LogP contribution is -2.43. The van der Waals surface area contributed by atoms with Gasteiger partial charge < -0.3 is 5.73 Å². The number of benzene rings is 1. The fraction of sp³-hybridized carbons (Fsp3) is 0.455. The van der Waals surface area contributed by atoms with Crippen molar-refractivity contribution in [1.29, 1.82) is 0 Å². The minimum atomic E-state index is -4.19. The van der Waals surface area contributed by atoms with E-state index in [1.807, 2.05) is 0 Å². The lowest BCUT2D eigenvalue weighted by molar-refractivity contribution is 0.511. The highest BCUT2D eigenvalue weighted by Crippen LogP contribution is 2.26. The van der Waals surface area contributed by atoms with Crippen molar-refractivity contribution in [3.8, 4) is 0 Å². The number of halogens is 2. The van der Waals surface area contributed by atoms with Gasteiger partial charge in [-0.15, -0.1) is 0 Å². The first-order valence-corrected chi connectivity index (χ1v) is 10.2. The van der Waals surface area contributed by atoms with Crippen molar-refractivity contribution in [1.82, 2.24) is 4.72 Å². The number of hydrogen-bond acceptors (Lipinski definition) is 5. The molecule has 1 aliphatic heterocycles. The highest BCUT2D eigenvalue weighted by molar-refractivity contribution is 9.10. The predicted molar refractivity (Wildman–Crippen MR) is 80.5 cm³/mol. The summed E-state index contributed by atoms with van der Waals surface area (Å²) in [6.45, 7) is 0. The van der Waals surface area contributed by atoms with E-state index in [1.54, 1.807) is 0 Å². The first-order valence-electron chi connectivity index (χ1n) is 6.08. The van der Waals surface area contributed by atoms with Crippen LogP contribution < -0.4 is 10.5 Å². The molecule has 21 heavy (non-hydrogen) atoms.